The molecule has 0 saturated heterocycles. The van der Waals surface area contributed by atoms with Crippen molar-refractivity contribution < 1.29 is 9.59 Å². The number of hydrogen-bond donors (Lipinski definition) is 3. The van der Waals surface area contributed by atoms with Crippen LogP contribution in [-0.4, -0.2) is 30.9 Å². The number of rotatable bonds is 9. The summed E-state index contributed by atoms with van der Waals surface area (Å²) >= 11 is 0. The minimum atomic E-state index is -0.467. The van der Waals surface area contributed by atoms with E-state index in [9.17, 15) is 9.59 Å². The van der Waals surface area contributed by atoms with Gasteiger partial charge in [0.15, 0.2) is 0 Å². The van der Waals surface area contributed by atoms with Crippen molar-refractivity contribution in [3.8, 4) is 0 Å². The van der Waals surface area contributed by atoms with Crippen molar-refractivity contribution in [3.63, 3.8) is 0 Å². The summed E-state index contributed by atoms with van der Waals surface area (Å²) in [6.45, 7) is 7.06. The Labute approximate surface area is 110 Å². The molecule has 0 aromatic rings. The molecule has 0 aromatic heterocycles. The summed E-state index contributed by atoms with van der Waals surface area (Å²) in [4.78, 5) is 23.2. The first-order valence-electron chi connectivity index (χ1n) is 6.74. The monoisotopic (exact) mass is 257 g/mol. The second kappa shape index (κ2) is 9.88. The molecule has 0 aliphatic rings. The van der Waals surface area contributed by atoms with Gasteiger partial charge in [-0.1, -0.05) is 20.3 Å². The molecule has 4 N–H and O–H groups in total. The second-order valence-electron chi connectivity index (χ2n) is 5.03. The second-order valence-corrected chi connectivity index (χ2v) is 5.03. The van der Waals surface area contributed by atoms with Gasteiger partial charge in [-0.25, -0.2) is 0 Å². The maximum Gasteiger partial charge on any atom is 0.242 e. The van der Waals surface area contributed by atoms with Gasteiger partial charge in [0.1, 0.15) is 6.04 Å². The van der Waals surface area contributed by atoms with E-state index in [2.05, 4.69) is 10.6 Å². The normalized spacial score (nSPS) is 12.3. The molecule has 18 heavy (non-hydrogen) atoms. The highest BCUT2D eigenvalue weighted by Crippen LogP contribution is 1.99. The van der Waals surface area contributed by atoms with Gasteiger partial charge in [0.2, 0.25) is 11.8 Å². The first-order valence-corrected chi connectivity index (χ1v) is 6.74. The SMILES string of the molecule is CC(C)CNC(=O)C(C)NC(=O)CCCCCN. The summed E-state index contributed by atoms with van der Waals surface area (Å²) in [6.07, 6.45) is 3.18. The molecular formula is C13H27N3O2. The Balaban J connectivity index is 3.74. The van der Waals surface area contributed by atoms with E-state index in [1.807, 2.05) is 13.8 Å². The molecule has 5 nitrogen and oxygen atoms in total. The van der Waals surface area contributed by atoms with Gasteiger partial charge in [-0.3, -0.25) is 9.59 Å². The third-order valence-electron chi connectivity index (χ3n) is 2.56. The average Bonchev–Trinajstić information content (AvgIpc) is 2.31. The molecule has 0 spiro atoms. The summed E-state index contributed by atoms with van der Waals surface area (Å²) in [7, 11) is 0. The van der Waals surface area contributed by atoms with Gasteiger partial charge in [0.25, 0.3) is 0 Å². The fraction of sp³-hybridized carbons (Fsp3) is 0.846. The first-order chi connectivity index (χ1) is 8.47. The Kier molecular flexibility index (Phi) is 9.28. The fourth-order valence-corrected chi connectivity index (χ4v) is 1.44. The molecule has 0 aliphatic heterocycles. The number of carbonyl (C=O) groups excluding carboxylic acids is 2. The van der Waals surface area contributed by atoms with Crippen LogP contribution in [0.5, 0.6) is 0 Å². The topological polar surface area (TPSA) is 84.2 Å². The smallest absolute Gasteiger partial charge is 0.242 e. The summed E-state index contributed by atoms with van der Waals surface area (Å²) < 4.78 is 0. The van der Waals surface area contributed by atoms with E-state index in [1.165, 1.54) is 0 Å². The molecule has 0 heterocycles. The van der Waals surface area contributed by atoms with Crippen molar-refractivity contribution >= 4 is 11.8 Å². The minimum absolute atomic E-state index is 0.0702. The Morgan fingerprint density at radius 1 is 1.11 bits per heavy atom. The predicted octanol–water partition coefficient (Wildman–Crippen LogP) is 0.782. The third kappa shape index (κ3) is 8.98. The Bertz CT molecular complexity index is 255. The van der Waals surface area contributed by atoms with Crippen LogP contribution in [-0.2, 0) is 9.59 Å². The number of nitrogens with one attached hydrogen (secondary N) is 2. The highest BCUT2D eigenvalue weighted by atomic mass is 16.2. The van der Waals surface area contributed by atoms with Gasteiger partial charge in [0.05, 0.1) is 0 Å². The van der Waals surface area contributed by atoms with Crippen molar-refractivity contribution in [2.24, 2.45) is 11.7 Å². The molecule has 0 rings (SSSR count). The molecule has 106 valence electrons. The number of carbonyl (C=O) groups is 2. The maximum atomic E-state index is 11.6. The molecule has 0 aliphatic carbocycles. The summed E-state index contributed by atoms with van der Waals surface area (Å²) in [5.74, 6) is 0.214. The lowest BCUT2D eigenvalue weighted by Crippen LogP contribution is -2.45. The van der Waals surface area contributed by atoms with Crippen LogP contribution in [0.2, 0.25) is 0 Å². The highest BCUT2D eigenvalue weighted by Gasteiger charge is 2.14. The zero-order valence-corrected chi connectivity index (χ0v) is 11.8. The van der Waals surface area contributed by atoms with Gasteiger partial charge in [0, 0.05) is 13.0 Å². The van der Waals surface area contributed by atoms with Crippen LogP contribution in [0, 0.1) is 5.92 Å². The van der Waals surface area contributed by atoms with E-state index in [0.29, 0.717) is 25.4 Å². The van der Waals surface area contributed by atoms with E-state index in [4.69, 9.17) is 5.73 Å². The zero-order chi connectivity index (χ0) is 14.0. The predicted molar refractivity (Wildman–Crippen MR) is 73.0 cm³/mol. The average molecular weight is 257 g/mol. The van der Waals surface area contributed by atoms with Crippen molar-refractivity contribution in [2.75, 3.05) is 13.1 Å². The molecule has 1 unspecified atom stereocenters. The van der Waals surface area contributed by atoms with Gasteiger partial charge >= 0.3 is 0 Å². The number of unbranched alkanes of at least 4 members (excludes halogenated alkanes) is 2. The number of nitrogens with two attached hydrogens (primary N) is 1. The number of hydrogen-bond acceptors (Lipinski definition) is 3. The zero-order valence-electron chi connectivity index (χ0n) is 11.8. The van der Waals surface area contributed by atoms with E-state index in [-0.39, 0.29) is 11.8 Å². The van der Waals surface area contributed by atoms with Crippen LogP contribution in [0.25, 0.3) is 0 Å². The van der Waals surface area contributed by atoms with Crippen molar-refractivity contribution in [3.05, 3.63) is 0 Å². The van der Waals surface area contributed by atoms with Crippen LogP contribution in [0.15, 0.2) is 0 Å². The minimum Gasteiger partial charge on any atom is -0.354 e. The molecule has 0 aromatic carbocycles. The summed E-state index contributed by atoms with van der Waals surface area (Å²) in [5, 5.41) is 5.49. The van der Waals surface area contributed by atoms with E-state index in [0.717, 1.165) is 19.3 Å². The molecular weight excluding hydrogens is 230 g/mol. The van der Waals surface area contributed by atoms with Gasteiger partial charge < -0.3 is 16.4 Å². The maximum absolute atomic E-state index is 11.6. The van der Waals surface area contributed by atoms with Gasteiger partial charge in [-0.05, 0) is 32.2 Å². The molecule has 0 bridgehead atoms. The third-order valence-corrected chi connectivity index (χ3v) is 2.56. The molecule has 0 saturated carbocycles. The Hall–Kier alpha value is -1.10. The number of amides is 2. The van der Waals surface area contributed by atoms with E-state index >= 15 is 0 Å². The quantitative estimate of drug-likeness (QED) is 0.534. The lowest BCUT2D eigenvalue weighted by molar-refractivity contribution is -0.128. The van der Waals surface area contributed by atoms with Crippen LogP contribution < -0.4 is 16.4 Å². The van der Waals surface area contributed by atoms with Gasteiger partial charge in [-0.2, -0.15) is 0 Å². The summed E-state index contributed by atoms with van der Waals surface area (Å²) in [6, 6.07) is -0.467. The van der Waals surface area contributed by atoms with E-state index < -0.39 is 6.04 Å². The summed E-state index contributed by atoms with van der Waals surface area (Å²) in [5.41, 5.74) is 5.37. The first kappa shape index (κ1) is 16.9. The molecule has 0 radical (unpaired) electrons. The standard InChI is InChI=1S/C13H27N3O2/c1-10(2)9-15-13(18)11(3)16-12(17)7-5-4-6-8-14/h10-11H,4-9,14H2,1-3H3,(H,15,18)(H,16,17). The highest BCUT2D eigenvalue weighted by molar-refractivity contribution is 5.87. The van der Waals surface area contributed by atoms with Crippen LogP contribution in [0.4, 0.5) is 0 Å². The van der Waals surface area contributed by atoms with Crippen LogP contribution >= 0.6 is 0 Å². The van der Waals surface area contributed by atoms with Crippen molar-refractivity contribution in [1.82, 2.24) is 10.6 Å². The lowest BCUT2D eigenvalue weighted by atomic mass is 10.1. The largest absolute Gasteiger partial charge is 0.354 e. The molecule has 0 fully saturated rings. The van der Waals surface area contributed by atoms with Crippen LogP contribution in [0.3, 0.4) is 0 Å². The van der Waals surface area contributed by atoms with Crippen molar-refractivity contribution in [2.45, 2.75) is 52.5 Å². The Morgan fingerprint density at radius 3 is 2.33 bits per heavy atom. The molecule has 5 heteroatoms. The van der Waals surface area contributed by atoms with Crippen molar-refractivity contribution in [1.29, 1.82) is 0 Å². The molecule has 2 amide bonds. The lowest BCUT2D eigenvalue weighted by Gasteiger charge is -2.15. The Morgan fingerprint density at radius 2 is 1.78 bits per heavy atom. The van der Waals surface area contributed by atoms with Crippen LogP contribution in [0.1, 0.15) is 46.5 Å². The van der Waals surface area contributed by atoms with Gasteiger partial charge in [-0.15, -0.1) is 0 Å². The van der Waals surface area contributed by atoms with E-state index in [1.54, 1.807) is 6.92 Å². The molecule has 1 atom stereocenters. The fourth-order valence-electron chi connectivity index (χ4n) is 1.44.